The van der Waals surface area contributed by atoms with Crippen LogP contribution in [0.4, 0.5) is 0 Å². The van der Waals surface area contributed by atoms with Crippen LogP contribution in [0.3, 0.4) is 0 Å². The molecule has 1 aromatic carbocycles. The maximum absolute atomic E-state index is 3.79. The van der Waals surface area contributed by atoms with E-state index in [0.717, 1.165) is 23.9 Å². The number of benzene rings is 1. The van der Waals surface area contributed by atoms with E-state index in [1.807, 2.05) is 0 Å². The average Bonchev–Trinajstić information content (AvgIpc) is 2.19. The fourth-order valence-corrected chi connectivity index (χ4v) is 3.58. The van der Waals surface area contributed by atoms with Crippen LogP contribution < -0.4 is 5.32 Å². The Morgan fingerprint density at radius 3 is 2.47 bits per heavy atom. The summed E-state index contributed by atoms with van der Waals surface area (Å²) in [4.78, 5) is 0. The molecule has 2 aliphatic carbocycles. The third-order valence-electron chi connectivity index (χ3n) is 4.30. The monoisotopic (exact) mass is 293 g/mol. The van der Waals surface area contributed by atoms with Crippen molar-refractivity contribution in [1.29, 1.82) is 0 Å². The predicted molar refractivity (Wildman–Crippen MR) is 75.2 cm³/mol. The van der Waals surface area contributed by atoms with Crippen LogP contribution in [0.25, 0.3) is 0 Å². The summed E-state index contributed by atoms with van der Waals surface area (Å²) < 4.78 is 1.21. The second kappa shape index (κ2) is 4.74. The number of rotatable bonds is 3. The lowest BCUT2D eigenvalue weighted by molar-refractivity contribution is 0.177. The van der Waals surface area contributed by atoms with Gasteiger partial charge in [0.05, 0.1) is 0 Å². The summed E-state index contributed by atoms with van der Waals surface area (Å²) in [5, 5.41) is 3.79. The number of nitrogens with one attached hydrogen (secondary N) is 1. The van der Waals surface area contributed by atoms with Crippen LogP contribution in [0, 0.1) is 5.92 Å². The van der Waals surface area contributed by atoms with Crippen molar-refractivity contribution in [2.45, 2.75) is 50.6 Å². The Balaban J connectivity index is 1.48. The van der Waals surface area contributed by atoms with Crippen molar-refractivity contribution in [3.05, 3.63) is 34.3 Å². The van der Waals surface area contributed by atoms with Gasteiger partial charge in [0.25, 0.3) is 0 Å². The normalized spacial score (nSPS) is 36.1. The van der Waals surface area contributed by atoms with Gasteiger partial charge in [0.1, 0.15) is 0 Å². The van der Waals surface area contributed by atoms with Gasteiger partial charge in [-0.3, -0.25) is 0 Å². The minimum atomic E-state index is 0.775. The van der Waals surface area contributed by atoms with Gasteiger partial charge in [0.2, 0.25) is 0 Å². The van der Waals surface area contributed by atoms with Crippen LogP contribution in [0.15, 0.2) is 28.7 Å². The zero-order valence-electron chi connectivity index (χ0n) is 10.3. The van der Waals surface area contributed by atoms with Crippen LogP contribution in [-0.4, -0.2) is 12.1 Å². The molecule has 0 spiro atoms. The van der Waals surface area contributed by atoms with E-state index in [9.17, 15) is 0 Å². The second-order valence-electron chi connectivity index (χ2n) is 5.86. The summed E-state index contributed by atoms with van der Waals surface area (Å²) in [7, 11) is 0. The van der Waals surface area contributed by atoms with Crippen LogP contribution in [0.5, 0.6) is 0 Å². The Labute approximate surface area is 112 Å². The quantitative estimate of drug-likeness (QED) is 0.885. The summed E-state index contributed by atoms with van der Waals surface area (Å²) in [6.07, 6.45) is 5.42. The van der Waals surface area contributed by atoms with Gasteiger partial charge in [0.15, 0.2) is 0 Å². The van der Waals surface area contributed by atoms with E-state index in [-0.39, 0.29) is 0 Å². The molecule has 1 aromatic rings. The molecule has 0 atom stereocenters. The minimum absolute atomic E-state index is 0.775. The van der Waals surface area contributed by atoms with Crippen molar-refractivity contribution in [1.82, 2.24) is 5.32 Å². The molecular weight excluding hydrogens is 274 g/mol. The molecule has 2 saturated carbocycles. The van der Waals surface area contributed by atoms with E-state index in [1.165, 1.54) is 35.7 Å². The van der Waals surface area contributed by atoms with E-state index < -0.39 is 0 Å². The summed E-state index contributed by atoms with van der Waals surface area (Å²) in [6, 6.07) is 10.4. The Kier molecular flexibility index (Phi) is 3.27. The molecule has 0 aromatic heterocycles. The van der Waals surface area contributed by atoms with E-state index in [1.54, 1.807) is 0 Å². The number of hydrogen-bond donors (Lipinski definition) is 1. The molecule has 3 rings (SSSR count). The topological polar surface area (TPSA) is 12.0 Å². The molecule has 1 N–H and O–H groups in total. The van der Waals surface area contributed by atoms with Crippen molar-refractivity contribution in [2.75, 3.05) is 0 Å². The number of halogens is 1. The van der Waals surface area contributed by atoms with Crippen LogP contribution in [-0.2, 0) is 0 Å². The van der Waals surface area contributed by atoms with Gasteiger partial charge in [-0.25, -0.2) is 0 Å². The molecule has 2 heteroatoms. The molecular formula is C15H20BrN. The lowest BCUT2D eigenvalue weighted by Crippen LogP contribution is -2.50. The molecule has 92 valence electrons. The Morgan fingerprint density at radius 1 is 1.12 bits per heavy atom. The van der Waals surface area contributed by atoms with E-state index in [0.29, 0.717) is 0 Å². The first-order valence-corrected chi connectivity index (χ1v) is 7.51. The van der Waals surface area contributed by atoms with Crippen molar-refractivity contribution < 1.29 is 0 Å². The predicted octanol–water partition coefficient (Wildman–Crippen LogP) is 4.08. The first-order valence-electron chi connectivity index (χ1n) is 6.72. The highest BCUT2D eigenvalue weighted by molar-refractivity contribution is 9.10. The molecule has 0 radical (unpaired) electrons. The Hall–Kier alpha value is -0.340. The fraction of sp³-hybridized carbons (Fsp3) is 0.600. The standard InChI is InChI=1S/C15H20BrN/c1-10-5-14(6-10)17-15-8-12(9-15)11-3-2-4-13(16)7-11/h2-4,7,10,12,14-15,17H,5-6,8-9H2,1H3. The smallest absolute Gasteiger partial charge is 0.0178 e. The molecule has 0 saturated heterocycles. The molecule has 1 nitrogen and oxygen atoms in total. The first kappa shape index (κ1) is 11.7. The van der Waals surface area contributed by atoms with Crippen molar-refractivity contribution in [3.8, 4) is 0 Å². The molecule has 0 heterocycles. The summed E-state index contributed by atoms with van der Waals surface area (Å²) in [5.41, 5.74) is 1.50. The highest BCUT2D eigenvalue weighted by Crippen LogP contribution is 2.39. The highest BCUT2D eigenvalue weighted by atomic mass is 79.9. The molecule has 0 amide bonds. The van der Waals surface area contributed by atoms with Crippen LogP contribution in [0.1, 0.15) is 44.1 Å². The summed E-state index contributed by atoms with van der Waals surface area (Å²) in [5.74, 6) is 1.73. The molecule has 17 heavy (non-hydrogen) atoms. The van der Waals surface area contributed by atoms with Gasteiger partial charge in [-0.05, 0) is 55.2 Å². The second-order valence-corrected chi connectivity index (χ2v) is 6.78. The van der Waals surface area contributed by atoms with Gasteiger partial charge in [-0.2, -0.15) is 0 Å². The van der Waals surface area contributed by atoms with Crippen molar-refractivity contribution >= 4 is 15.9 Å². The van der Waals surface area contributed by atoms with Crippen LogP contribution in [0.2, 0.25) is 0 Å². The van der Waals surface area contributed by atoms with Gasteiger partial charge >= 0.3 is 0 Å². The molecule has 2 aliphatic rings. The zero-order chi connectivity index (χ0) is 11.8. The summed E-state index contributed by atoms with van der Waals surface area (Å²) in [6.45, 7) is 2.35. The van der Waals surface area contributed by atoms with Crippen molar-refractivity contribution in [3.63, 3.8) is 0 Å². The Morgan fingerprint density at radius 2 is 1.82 bits per heavy atom. The average molecular weight is 294 g/mol. The molecule has 0 bridgehead atoms. The van der Waals surface area contributed by atoms with Gasteiger partial charge in [-0.15, -0.1) is 0 Å². The van der Waals surface area contributed by atoms with Crippen LogP contribution >= 0.6 is 15.9 Å². The zero-order valence-corrected chi connectivity index (χ0v) is 11.9. The minimum Gasteiger partial charge on any atom is -0.311 e. The third kappa shape index (κ3) is 2.58. The first-order chi connectivity index (χ1) is 8.20. The number of hydrogen-bond acceptors (Lipinski definition) is 1. The maximum Gasteiger partial charge on any atom is 0.0178 e. The SMILES string of the molecule is CC1CC(NC2CC(c3cccc(Br)c3)C2)C1. The maximum atomic E-state index is 3.79. The lowest BCUT2D eigenvalue weighted by atomic mass is 9.74. The van der Waals surface area contributed by atoms with E-state index in [2.05, 4.69) is 52.4 Å². The van der Waals surface area contributed by atoms with Gasteiger partial charge in [0, 0.05) is 16.6 Å². The fourth-order valence-electron chi connectivity index (χ4n) is 3.16. The van der Waals surface area contributed by atoms with E-state index in [4.69, 9.17) is 0 Å². The van der Waals surface area contributed by atoms with E-state index >= 15 is 0 Å². The van der Waals surface area contributed by atoms with Gasteiger partial charge in [-0.1, -0.05) is 35.0 Å². The van der Waals surface area contributed by atoms with Gasteiger partial charge < -0.3 is 5.32 Å². The summed E-state index contributed by atoms with van der Waals surface area (Å²) >= 11 is 3.55. The molecule has 0 unspecified atom stereocenters. The molecule has 2 fully saturated rings. The lowest BCUT2D eigenvalue weighted by Gasteiger charge is -2.43. The molecule has 0 aliphatic heterocycles. The Bertz CT molecular complexity index is 392. The third-order valence-corrected chi connectivity index (χ3v) is 4.80. The highest BCUT2D eigenvalue weighted by Gasteiger charge is 2.34. The largest absolute Gasteiger partial charge is 0.311 e. The van der Waals surface area contributed by atoms with Crippen molar-refractivity contribution in [2.24, 2.45) is 5.92 Å².